The zero-order valence-corrected chi connectivity index (χ0v) is 13.9. The van der Waals surface area contributed by atoms with Crippen molar-refractivity contribution < 1.29 is 13.9 Å². The number of hydrogen-bond donors (Lipinski definition) is 0. The fourth-order valence-electron chi connectivity index (χ4n) is 2.06. The molecule has 1 atom stereocenters. The van der Waals surface area contributed by atoms with Crippen molar-refractivity contribution in [2.24, 2.45) is 0 Å². The zero-order chi connectivity index (χ0) is 16.4. The lowest BCUT2D eigenvalue weighted by molar-refractivity contribution is 0.0285. The molecule has 3 aromatic rings. The molecule has 1 aromatic carbocycles. The van der Waals surface area contributed by atoms with Crippen molar-refractivity contribution >= 4 is 17.3 Å². The van der Waals surface area contributed by atoms with Crippen molar-refractivity contribution in [2.75, 3.05) is 0 Å². The van der Waals surface area contributed by atoms with Gasteiger partial charge in [-0.3, -0.25) is 0 Å². The van der Waals surface area contributed by atoms with Gasteiger partial charge in [0.15, 0.2) is 6.10 Å². The van der Waals surface area contributed by atoms with Crippen LogP contribution >= 0.6 is 11.3 Å². The highest BCUT2D eigenvalue weighted by Gasteiger charge is 2.21. The van der Waals surface area contributed by atoms with Crippen LogP contribution in [0.25, 0.3) is 11.5 Å². The van der Waals surface area contributed by atoms with Gasteiger partial charge in [-0.15, -0.1) is 21.5 Å². The third-order valence-electron chi connectivity index (χ3n) is 3.42. The number of esters is 1. The topological polar surface area (TPSA) is 65.2 Å². The van der Waals surface area contributed by atoms with Crippen LogP contribution in [-0.2, 0) is 4.74 Å². The van der Waals surface area contributed by atoms with Crippen molar-refractivity contribution in [3.05, 3.63) is 57.6 Å². The van der Waals surface area contributed by atoms with Crippen molar-refractivity contribution in [2.45, 2.75) is 26.9 Å². The summed E-state index contributed by atoms with van der Waals surface area (Å²) in [6.07, 6.45) is -0.601. The summed E-state index contributed by atoms with van der Waals surface area (Å²) >= 11 is 1.36. The van der Waals surface area contributed by atoms with Gasteiger partial charge in [0.25, 0.3) is 5.89 Å². The van der Waals surface area contributed by atoms with E-state index in [0.717, 1.165) is 16.7 Å². The van der Waals surface area contributed by atoms with Gasteiger partial charge in [-0.05, 0) is 49.9 Å². The maximum atomic E-state index is 12.1. The molecular formula is C17H16N2O3S. The van der Waals surface area contributed by atoms with E-state index in [0.29, 0.717) is 10.8 Å². The first-order valence-corrected chi connectivity index (χ1v) is 8.08. The van der Waals surface area contributed by atoms with Crippen molar-refractivity contribution in [1.29, 1.82) is 0 Å². The molecule has 23 heavy (non-hydrogen) atoms. The largest absolute Gasteiger partial charge is 0.448 e. The molecule has 0 amide bonds. The Hall–Kier alpha value is -2.47. The predicted octanol–water partition coefficient (Wildman–Crippen LogP) is 4.33. The van der Waals surface area contributed by atoms with Crippen molar-refractivity contribution in [3.8, 4) is 11.5 Å². The zero-order valence-electron chi connectivity index (χ0n) is 13.1. The third-order valence-corrected chi connectivity index (χ3v) is 4.41. The fraction of sp³-hybridized carbons (Fsp3) is 0.235. The molecule has 0 N–H and O–H groups in total. The molecule has 5 nitrogen and oxygen atoms in total. The van der Waals surface area contributed by atoms with E-state index in [1.807, 2.05) is 49.6 Å². The summed E-state index contributed by atoms with van der Waals surface area (Å²) in [6, 6.07) is 9.66. The molecule has 0 saturated heterocycles. The Morgan fingerprint density at radius 2 is 1.91 bits per heavy atom. The van der Waals surface area contributed by atoms with E-state index in [2.05, 4.69) is 10.2 Å². The monoisotopic (exact) mass is 328 g/mol. The molecule has 118 valence electrons. The lowest BCUT2D eigenvalue weighted by Crippen LogP contribution is -2.09. The van der Waals surface area contributed by atoms with Gasteiger partial charge < -0.3 is 9.15 Å². The van der Waals surface area contributed by atoms with Crippen molar-refractivity contribution in [3.63, 3.8) is 0 Å². The van der Waals surface area contributed by atoms with Crippen LogP contribution < -0.4 is 0 Å². The summed E-state index contributed by atoms with van der Waals surface area (Å²) in [5.41, 5.74) is 2.89. The average molecular weight is 328 g/mol. The number of rotatable bonds is 4. The van der Waals surface area contributed by atoms with Crippen LogP contribution in [0.5, 0.6) is 0 Å². The van der Waals surface area contributed by atoms with Gasteiger partial charge in [-0.2, -0.15) is 0 Å². The Balaban J connectivity index is 1.73. The summed E-state index contributed by atoms with van der Waals surface area (Å²) in [7, 11) is 0. The Morgan fingerprint density at radius 3 is 2.57 bits per heavy atom. The summed E-state index contributed by atoms with van der Waals surface area (Å²) in [4.78, 5) is 12.7. The Bertz CT molecular complexity index is 820. The fourth-order valence-corrected chi connectivity index (χ4v) is 2.86. The van der Waals surface area contributed by atoms with E-state index in [1.165, 1.54) is 11.3 Å². The van der Waals surface area contributed by atoms with Gasteiger partial charge in [0.05, 0.1) is 0 Å². The molecule has 0 radical (unpaired) electrons. The third kappa shape index (κ3) is 3.32. The normalized spacial score (nSPS) is 12.1. The lowest BCUT2D eigenvalue weighted by Gasteiger charge is -2.08. The number of ether oxygens (including phenoxy) is 1. The minimum absolute atomic E-state index is 0.281. The Kier molecular flexibility index (Phi) is 4.25. The molecule has 0 bridgehead atoms. The van der Waals surface area contributed by atoms with Gasteiger partial charge in [0, 0.05) is 5.56 Å². The number of nitrogens with zero attached hydrogens (tertiary/aromatic N) is 2. The number of hydrogen-bond acceptors (Lipinski definition) is 6. The molecule has 0 fully saturated rings. The van der Waals surface area contributed by atoms with Crippen LogP contribution in [0.3, 0.4) is 0 Å². The minimum atomic E-state index is -0.601. The highest BCUT2D eigenvalue weighted by molar-refractivity contribution is 7.12. The van der Waals surface area contributed by atoms with E-state index in [4.69, 9.17) is 9.15 Å². The van der Waals surface area contributed by atoms with Crippen molar-refractivity contribution in [1.82, 2.24) is 10.2 Å². The summed E-state index contributed by atoms with van der Waals surface area (Å²) in [5, 5.41) is 9.86. The number of carbonyl (C=O) groups is 1. The van der Waals surface area contributed by atoms with E-state index in [-0.39, 0.29) is 11.9 Å². The lowest BCUT2D eigenvalue weighted by atomic mass is 10.1. The SMILES string of the molecule is Cc1ccc(-c2nnc([C@@H](C)OC(=O)c3sccc3C)o2)cc1. The second-order valence-electron chi connectivity index (χ2n) is 5.29. The Morgan fingerprint density at radius 1 is 1.17 bits per heavy atom. The molecule has 3 rings (SSSR count). The first kappa shape index (κ1) is 15.4. The standard InChI is InChI=1S/C17H16N2O3S/c1-10-4-6-13(7-5-10)16-19-18-15(22-16)12(3)21-17(20)14-11(2)8-9-23-14/h4-9,12H,1-3H3/t12-/m1/s1. The molecule has 0 spiro atoms. The molecule has 0 aliphatic heterocycles. The number of benzene rings is 1. The van der Waals surface area contributed by atoms with Gasteiger partial charge in [0.2, 0.25) is 5.89 Å². The molecule has 0 aliphatic rings. The van der Waals surface area contributed by atoms with Crippen LogP contribution in [0, 0.1) is 13.8 Å². The minimum Gasteiger partial charge on any atom is -0.448 e. The molecule has 0 aliphatic carbocycles. The second-order valence-corrected chi connectivity index (χ2v) is 6.21. The number of aryl methyl sites for hydroxylation is 2. The molecule has 0 unspecified atom stereocenters. The maximum Gasteiger partial charge on any atom is 0.349 e. The van der Waals surface area contributed by atoms with E-state index in [1.54, 1.807) is 6.92 Å². The molecular weight excluding hydrogens is 312 g/mol. The first-order chi connectivity index (χ1) is 11.0. The number of thiophene rings is 1. The van der Waals surface area contributed by atoms with Gasteiger partial charge >= 0.3 is 5.97 Å². The average Bonchev–Trinajstić information content (AvgIpc) is 3.17. The van der Waals surface area contributed by atoms with Crippen LogP contribution in [0.1, 0.15) is 39.7 Å². The Labute approximate surface area is 137 Å². The smallest absolute Gasteiger partial charge is 0.349 e. The quantitative estimate of drug-likeness (QED) is 0.667. The van der Waals surface area contributed by atoms with E-state index < -0.39 is 6.10 Å². The summed E-state index contributed by atoms with van der Waals surface area (Å²) < 4.78 is 11.0. The van der Waals surface area contributed by atoms with Crippen LogP contribution in [-0.4, -0.2) is 16.2 Å². The number of aromatic nitrogens is 2. The van der Waals surface area contributed by atoms with E-state index >= 15 is 0 Å². The highest BCUT2D eigenvalue weighted by atomic mass is 32.1. The van der Waals surface area contributed by atoms with Crippen LogP contribution in [0.2, 0.25) is 0 Å². The second kappa shape index (κ2) is 6.34. The molecule has 6 heteroatoms. The molecule has 2 heterocycles. The highest BCUT2D eigenvalue weighted by Crippen LogP contribution is 2.25. The van der Waals surface area contributed by atoms with Gasteiger partial charge in [0.1, 0.15) is 4.88 Å². The van der Waals surface area contributed by atoms with Gasteiger partial charge in [-0.1, -0.05) is 17.7 Å². The maximum absolute atomic E-state index is 12.1. The molecule has 2 aromatic heterocycles. The summed E-state index contributed by atoms with van der Waals surface area (Å²) in [6.45, 7) is 5.60. The first-order valence-electron chi connectivity index (χ1n) is 7.20. The summed E-state index contributed by atoms with van der Waals surface area (Å²) in [5.74, 6) is 0.318. The molecule has 0 saturated carbocycles. The van der Waals surface area contributed by atoms with Crippen LogP contribution in [0.15, 0.2) is 40.1 Å². The van der Waals surface area contributed by atoms with Crippen LogP contribution in [0.4, 0.5) is 0 Å². The number of carbonyl (C=O) groups excluding carboxylic acids is 1. The predicted molar refractivity (Wildman–Crippen MR) is 87.4 cm³/mol. The van der Waals surface area contributed by atoms with Gasteiger partial charge in [-0.25, -0.2) is 4.79 Å². The van der Waals surface area contributed by atoms with E-state index in [9.17, 15) is 4.79 Å².